The summed E-state index contributed by atoms with van der Waals surface area (Å²) >= 11 is 5.86. The van der Waals surface area contributed by atoms with E-state index in [4.69, 9.17) is 16.0 Å². The van der Waals surface area contributed by atoms with Gasteiger partial charge in [0.05, 0.1) is 12.4 Å². The predicted octanol–water partition coefficient (Wildman–Crippen LogP) is 4.51. The van der Waals surface area contributed by atoms with Crippen LogP contribution in [0.2, 0.25) is 5.22 Å². The number of aliphatic hydroxyl groups excluding tert-OH is 1. The topological polar surface area (TPSA) is 33.4 Å². The maximum absolute atomic E-state index is 10.1. The summed E-state index contributed by atoms with van der Waals surface area (Å²) in [6, 6.07) is 10.0. The fraction of sp³-hybridized carbons (Fsp3) is 0.375. The molecule has 1 heterocycles. The maximum Gasteiger partial charge on any atom is 0.198 e. The van der Waals surface area contributed by atoms with Gasteiger partial charge in [0.15, 0.2) is 5.22 Å². The lowest BCUT2D eigenvalue weighted by Gasteiger charge is -2.19. The first-order chi connectivity index (χ1) is 8.88. The van der Waals surface area contributed by atoms with Crippen LogP contribution in [0, 0.1) is 0 Å². The lowest BCUT2D eigenvalue weighted by atomic mass is 9.86. The number of rotatable bonds is 3. The van der Waals surface area contributed by atoms with Crippen molar-refractivity contribution >= 4 is 11.6 Å². The summed E-state index contributed by atoms with van der Waals surface area (Å²) in [5, 5.41) is 10.4. The quantitative estimate of drug-likeness (QED) is 0.896. The molecule has 0 aliphatic rings. The number of aliphatic hydroxyl groups is 1. The summed E-state index contributed by atoms with van der Waals surface area (Å²) in [7, 11) is 0. The van der Waals surface area contributed by atoms with Crippen molar-refractivity contribution in [2.24, 2.45) is 0 Å². The van der Waals surface area contributed by atoms with Crippen molar-refractivity contribution < 1.29 is 9.52 Å². The van der Waals surface area contributed by atoms with Gasteiger partial charge < -0.3 is 9.52 Å². The highest BCUT2D eigenvalue weighted by Crippen LogP contribution is 2.28. The largest absolute Gasteiger partial charge is 0.453 e. The van der Waals surface area contributed by atoms with Crippen LogP contribution < -0.4 is 0 Å². The van der Waals surface area contributed by atoms with Gasteiger partial charge in [-0.2, -0.15) is 0 Å². The van der Waals surface area contributed by atoms with Crippen molar-refractivity contribution in [3.05, 3.63) is 58.5 Å². The highest BCUT2D eigenvalue weighted by molar-refractivity contribution is 6.29. The third kappa shape index (κ3) is 3.40. The lowest BCUT2D eigenvalue weighted by molar-refractivity contribution is 0.177. The minimum Gasteiger partial charge on any atom is -0.453 e. The van der Waals surface area contributed by atoms with Crippen LogP contribution in [-0.4, -0.2) is 5.11 Å². The smallest absolute Gasteiger partial charge is 0.198 e. The average Bonchev–Trinajstić information content (AvgIpc) is 2.75. The summed E-state index contributed by atoms with van der Waals surface area (Å²) in [6.45, 7) is 6.55. The standard InChI is InChI=1S/C16H19ClO2/c1-16(2,3)12-6-4-11(5-7-12)10-14(18)13-8-9-19-15(13)17/h4-9,14,18H,10H2,1-3H3. The molecular formula is C16H19ClO2. The van der Waals surface area contributed by atoms with Crippen LogP contribution in [0.3, 0.4) is 0 Å². The van der Waals surface area contributed by atoms with Crippen LogP contribution >= 0.6 is 11.6 Å². The lowest BCUT2D eigenvalue weighted by Crippen LogP contribution is -2.11. The van der Waals surface area contributed by atoms with E-state index in [1.54, 1.807) is 6.07 Å². The van der Waals surface area contributed by atoms with Crippen LogP contribution in [0.4, 0.5) is 0 Å². The second-order valence-electron chi connectivity index (χ2n) is 5.82. The zero-order valence-corrected chi connectivity index (χ0v) is 12.2. The Morgan fingerprint density at radius 3 is 2.26 bits per heavy atom. The molecule has 2 nitrogen and oxygen atoms in total. The monoisotopic (exact) mass is 278 g/mol. The normalized spacial score (nSPS) is 13.5. The minimum atomic E-state index is -0.633. The molecule has 0 amide bonds. The highest BCUT2D eigenvalue weighted by Gasteiger charge is 2.16. The Morgan fingerprint density at radius 2 is 1.79 bits per heavy atom. The number of halogens is 1. The zero-order valence-electron chi connectivity index (χ0n) is 11.5. The fourth-order valence-corrected chi connectivity index (χ4v) is 2.26. The summed E-state index contributed by atoms with van der Waals surface area (Å²) in [4.78, 5) is 0. The van der Waals surface area contributed by atoms with Gasteiger partial charge in [-0.25, -0.2) is 0 Å². The fourth-order valence-electron chi connectivity index (χ4n) is 2.02. The third-order valence-electron chi connectivity index (χ3n) is 3.25. The van der Waals surface area contributed by atoms with E-state index in [2.05, 4.69) is 45.0 Å². The Hall–Kier alpha value is -1.25. The van der Waals surface area contributed by atoms with Crippen LogP contribution in [0.1, 0.15) is 43.6 Å². The number of hydrogen-bond donors (Lipinski definition) is 1. The summed E-state index contributed by atoms with van der Waals surface area (Å²) in [6.07, 6.45) is 1.39. The van der Waals surface area contributed by atoms with Crippen molar-refractivity contribution in [3.8, 4) is 0 Å². The van der Waals surface area contributed by atoms with E-state index in [-0.39, 0.29) is 10.6 Å². The average molecular weight is 279 g/mol. The van der Waals surface area contributed by atoms with E-state index < -0.39 is 6.10 Å². The van der Waals surface area contributed by atoms with Gasteiger partial charge in [0.25, 0.3) is 0 Å². The summed E-state index contributed by atoms with van der Waals surface area (Å²) in [5.74, 6) is 0. The number of hydrogen-bond acceptors (Lipinski definition) is 2. The van der Waals surface area contributed by atoms with Crippen LogP contribution in [-0.2, 0) is 11.8 Å². The molecule has 0 aliphatic carbocycles. The number of furan rings is 1. The zero-order chi connectivity index (χ0) is 14.0. The van der Waals surface area contributed by atoms with Gasteiger partial charge in [-0.05, 0) is 34.2 Å². The molecule has 0 radical (unpaired) electrons. The first-order valence-electron chi connectivity index (χ1n) is 6.38. The van der Waals surface area contributed by atoms with Crippen molar-refractivity contribution in [3.63, 3.8) is 0 Å². The number of benzene rings is 1. The maximum atomic E-state index is 10.1. The van der Waals surface area contributed by atoms with Gasteiger partial charge >= 0.3 is 0 Å². The molecular weight excluding hydrogens is 260 g/mol. The van der Waals surface area contributed by atoms with Gasteiger partial charge in [0.2, 0.25) is 0 Å². The molecule has 3 heteroatoms. The third-order valence-corrected chi connectivity index (χ3v) is 3.56. The van der Waals surface area contributed by atoms with E-state index >= 15 is 0 Å². The molecule has 2 aromatic rings. The molecule has 0 aliphatic heterocycles. The Labute approximate surface area is 119 Å². The Kier molecular flexibility index (Phi) is 4.02. The van der Waals surface area contributed by atoms with E-state index in [9.17, 15) is 5.11 Å². The highest BCUT2D eigenvalue weighted by atomic mass is 35.5. The van der Waals surface area contributed by atoms with Crippen LogP contribution in [0.25, 0.3) is 0 Å². The van der Waals surface area contributed by atoms with E-state index in [0.717, 1.165) is 5.56 Å². The molecule has 19 heavy (non-hydrogen) atoms. The first-order valence-corrected chi connectivity index (χ1v) is 6.76. The molecule has 0 saturated heterocycles. The molecule has 102 valence electrons. The van der Waals surface area contributed by atoms with E-state index in [1.165, 1.54) is 11.8 Å². The molecule has 0 spiro atoms. The van der Waals surface area contributed by atoms with Crippen molar-refractivity contribution in [1.82, 2.24) is 0 Å². The first kappa shape index (κ1) is 14.2. The summed E-state index contributed by atoms with van der Waals surface area (Å²) in [5.41, 5.74) is 3.15. The molecule has 0 bridgehead atoms. The van der Waals surface area contributed by atoms with Gasteiger partial charge in [-0.15, -0.1) is 0 Å². The van der Waals surface area contributed by atoms with Crippen molar-refractivity contribution in [2.75, 3.05) is 0 Å². The van der Waals surface area contributed by atoms with Gasteiger partial charge in [-0.1, -0.05) is 45.0 Å². The molecule has 0 fully saturated rings. The van der Waals surface area contributed by atoms with E-state index in [1.807, 2.05) is 0 Å². The van der Waals surface area contributed by atoms with E-state index in [0.29, 0.717) is 12.0 Å². The SMILES string of the molecule is CC(C)(C)c1ccc(CC(O)c2ccoc2Cl)cc1. The van der Waals surface area contributed by atoms with Gasteiger partial charge in [-0.3, -0.25) is 0 Å². The van der Waals surface area contributed by atoms with Gasteiger partial charge in [0.1, 0.15) is 0 Å². The van der Waals surface area contributed by atoms with Crippen LogP contribution in [0.5, 0.6) is 0 Å². The molecule has 1 atom stereocenters. The van der Waals surface area contributed by atoms with Crippen molar-refractivity contribution in [1.29, 1.82) is 0 Å². The van der Waals surface area contributed by atoms with Crippen molar-refractivity contribution in [2.45, 2.75) is 38.7 Å². The Bertz CT molecular complexity index is 535. The molecule has 2 rings (SSSR count). The predicted molar refractivity (Wildman–Crippen MR) is 77.5 cm³/mol. The summed E-state index contributed by atoms with van der Waals surface area (Å²) < 4.78 is 4.99. The molecule has 0 saturated carbocycles. The Balaban J connectivity index is 2.10. The van der Waals surface area contributed by atoms with Gasteiger partial charge in [0, 0.05) is 12.0 Å². The Morgan fingerprint density at radius 1 is 1.16 bits per heavy atom. The molecule has 1 unspecified atom stereocenters. The molecule has 1 N–H and O–H groups in total. The molecule has 1 aromatic heterocycles. The minimum absolute atomic E-state index is 0.144. The molecule has 1 aromatic carbocycles. The second kappa shape index (κ2) is 5.40. The van der Waals surface area contributed by atoms with Crippen LogP contribution in [0.15, 0.2) is 41.0 Å². The second-order valence-corrected chi connectivity index (χ2v) is 6.16.